The summed E-state index contributed by atoms with van der Waals surface area (Å²) in [6, 6.07) is 11.2. The highest BCUT2D eigenvalue weighted by Crippen LogP contribution is 2.15. The minimum atomic E-state index is -0.173. The Labute approximate surface area is 134 Å². The molecule has 1 aromatic carbocycles. The molecule has 1 aromatic heterocycles. The van der Waals surface area contributed by atoms with Gasteiger partial charge in [-0.15, -0.1) is 11.3 Å². The van der Waals surface area contributed by atoms with Gasteiger partial charge in [0, 0.05) is 12.2 Å². The van der Waals surface area contributed by atoms with Crippen molar-refractivity contribution in [2.75, 3.05) is 18.4 Å². The SMILES string of the molecule is CCCN(CC(=O)Nc1ccccc1C)C(=O)c1cccs1. The van der Waals surface area contributed by atoms with Gasteiger partial charge in [0.2, 0.25) is 5.91 Å². The summed E-state index contributed by atoms with van der Waals surface area (Å²) in [6.07, 6.45) is 0.814. The van der Waals surface area contributed by atoms with Gasteiger partial charge in [-0.3, -0.25) is 9.59 Å². The normalized spacial score (nSPS) is 10.3. The summed E-state index contributed by atoms with van der Waals surface area (Å²) in [5.41, 5.74) is 1.79. The Balaban J connectivity index is 2.03. The number of amides is 2. The lowest BCUT2D eigenvalue weighted by molar-refractivity contribution is -0.116. The number of anilines is 1. The van der Waals surface area contributed by atoms with E-state index in [4.69, 9.17) is 0 Å². The second kappa shape index (κ2) is 7.75. The van der Waals surface area contributed by atoms with E-state index in [1.807, 2.05) is 49.6 Å². The maximum atomic E-state index is 12.4. The van der Waals surface area contributed by atoms with Crippen LogP contribution in [-0.4, -0.2) is 29.8 Å². The van der Waals surface area contributed by atoms with E-state index in [9.17, 15) is 9.59 Å². The number of aryl methyl sites for hydroxylation is 1. The fraction of sp³-hybridized carbons (Fsp3) is 0.294. The van der Waals surface area contributed by atoms with E-state index < -0.39 is 0 Å². The molecule has 0 saturated carbocycles. The zero-order valence-corrected chi connectivity index (χ0v) is 13.7. The van der Waals surface area contributed by atoms with Gasteiger partial charge in [0.25, 0.3) is 5.91 Å². The fourth-order valence-corrected chi connectivity index (χ4v) is 2.85. The van der Waals surface area contributed by atoms with Crippen LogP contribution in [0.1, 0.15) is 28.6 Å². The first kappa shape index (κ1) is 16.2. The Morgan fingerprint density at radius 2 is 1.95 bits per heavy atom. The first-order chi connectivity index (χ1) is 10.6. The topological polar surface area (TPSA) is 49.4 Å². The fourth-order valence-electron chi connectivity index (χ4n) is 2.15. The quantitative estimate of drug-likeness (QED) is 0.886. The lowest BCUT2D eigenvalue weighted by Crippen LogP contribution is -2.38. The average Bonchev–Trinajstić information content (AvgIpc) is 3.03. The second-order valence-electron chi connectivity index (χ2n) is 5.07. The van der Waals surface area contributed by atoms with Crippen LogP contribution >= 0.6 is 11.3 Å². The van der Waals surface area contributed by atoms with Crippen LogP contribution in [-0.2, 0) is 4.79 Å². The average molecular weight is 316 g/mol. The largest absolute Gasteiger partial charge is 0.329 e. The number of rotatable bonds is 6. The van der Waals surface area contributed by atoms with E-state index in [1.54, 1.807) is 11.0 Å². The van der Waals surface area contributed by atoms with Gasteiger partial charge in [-0.25, -0.2) is 0 Å². The molecule has 1 heterocycles. The maximum Gasteiger partial charge on any atom is 0.264 e. The van der Waals surface area contributed by atoms with Crippen LogP contribution in [0.2, 0.25) is 0 Å². The van der Waals surface area contributed by atoms with Gasteiger partial charge in [0.05, 0.1) is 4.88 Å². The molecule has 0 fully saturated rings. The van der Waals surface area contributed by atoms with Crippen molar-refractivity contribution < 1.29 is 9.59 Å². The van der Waals surface area contributed by atoms with Crippen LogP contribution < -0.4 is 5.32 Å². The first-order valence-electron chi connectivity index (χ1n) is 7.30. The molecular weight excluding hydrogens is 296 g/mol. The van der Waals surface area contributed by atoms with Crippen molar-refractivity contribution in [3.8, 4) is 0 Å². The number of thiophene rings is 1. The second-order valence-corrected chi connectivity index (χ2v) is 6.01. The van der Waals surface area contributed by atoms with Crippen molar-refractivity contribution in [2.45, 2.75) is 20.3 Å². The standard InChI is InChI=1S/C17H20N2O2S/c1-3-10-19(17(21)15-9-6-11-22-15)12-16(20)18-14-8-5-4-7-13(14)2/h4-9,11H,3,10,12H2,1-2H3,(H,18,20). The molecule has 5 heteroatoms. The Morgan fingerprint density at radius 3 is 2.59 bits per heavy atom. The molecule has 4 nitrogen and oxygen atoms in total. The van der Waals surface area contributed by atoms with Crippen LogP contribution in [0.25, 0.3) is 0 Å². The molecule has 0 atom stereocenters. The predicted octanol–water partition coefficient (Wildman–Crippen LogP) is 3.55. The molecule has 0 unspecified atom stereocenters. The van der Waals surface area contributed by atoms with Crippen molar-refractivity contribution in [2.24, 2.45) is 0 Å². The van der Waals surface area contributed by atoms with Gasteiger partial charge in [0.1, 0.15) is 6.54 Å². The molecule has 0 aliphatic rings. The molecule has 22 heavy (non-hydrogen) atoms. The summed E-state index contributed by atoms with van der Waals surface area (Å²) in [7, 11) is 0. The van der Waals surface area contributed by atoms with Gasteiger partial charge in [0.15, 0.2) is 0 Å². The Hall–Kier alpha value is -2.14. The number of nitrogens with one attached hydrogen (secondary N) is 1. The minimum Gasteiger partial charge on any atom is -0.329 e. The Bertz CT molecular complexity index is 638. The molecule has 2 rings (SSSR count). The van der Waals surface area contributed by atoms with Crippen LogP contribution in [0.4, 0.5) is 5.69 Å². The molecule has 2 amide bonds. The molecule has 0 bridgehead atoms. The monoisotopic (exact) mass is 316 g/mol. The molecule has 0 spiro atoms. The summed E-state index contributed by atoms with van der Waals surface area (Å²) in [4.78, 5) is 26.9. The third-order valence-corrected chi connectivity index (χ3v) is 4.12. The van der Waals surface area contributed by atoms with Crippen LogP contribution in [0.5, 0.6) is 0 Å². The van der Waals surface area contributed by atoms with Crippen molar-refractivity contribution in [3.05, 3.63) is 52.2 Å². The molecule has 0 aliphatic carbocycles. The van der Waals surface area contributed by atoms with E-state index in [2.05, 4.69) is 5.32 Å². The number of hydrogen-bond donors (Lipinski definition) is 1. The summed E-state index contributed by atoms with van der Waals surface area (Å²) >= 11 is 1.40. The molecule has 0 saturated heterocycles. The summed E-state index contributed by atoms with van der Waals surface area (Å²) < 4.78 is 0. The lowest BCUT2D eigenvalue weighted by Gasteiger charge is -2.21. The van der Waals surface area contributed by atoms with Gasteiger partial charge < -0.3 is 10.2 Å². The molecule has 0 radical (unpaired) electrons. The molecule has 116 valence electrons. The van der Waals surface area contributed by atoms with Crippen molar-refractivity contribution >= 4 is 28.8 Å². The third-order valence-electron chi connectivity index (χ3n) is 3.27. The zero-order chi connectivity index (χ0) is 15.9. The summed E-state index contributed by atoms with van der Waals surface area (Å²) in [5.74, 6) is -0.260. The van der Waals surface area contributed by atoms with E-state index in [1.165, 1.54) is 11.3 Å². The maximum absolute atomic E-state index is 12.4. The Morgan fingerprint density at radius 1 is 1.18 bits per heavy atom. The highest BCUT2D eigenvalue weighted by Gasteiger charge is 2.19. The van der Waals surface area contributed by atoms with Crippen LogP contribution in [0.15, 0.2) is 41.8 Å². The van der Waals surface area contributed by atoms with Crippen molar-refractivity contribution in [1.29, 1.82) is 0 Å². The number of para-hydroxylation sites is 1. The van der Waals surface area contributed by atoms with Gasteiger partial charge in [-0.2, -0.15) is 0 Å². The van der Waals surface area contributed by atoms with Gasteiger partial charge in [-0.1, -0.05) is 31.2 Å². The lowest BCUT2D eigenvalue weighted by atomic mass is 10.2. The Kier molecular flexibility index (Phi) is 5.72. The van der Waals surface area contributed by atoms with Crippen molar-refractivity contribution in [1.82, 2.24) is 4.90 Å². The summed E-state index contributed by atoms with van der Waals surface area (Å²) in [6.45, 7) is 4.57. The number of benzene rings is 1. The highest BCUT2D eigenvalue weighted by molar-refractivity contribution is 7.12. The first-order valence-corrected chi connectivity index (χ1v) is 8.18. The van der Waals surface area contributed by atoms with E-state index in [0.29, 0.717) is 11.4 Å². The van der Waals surface area contributed by atoms with Crippen LogP contribution in [0.3, 0.4) is 0 Å². The van der Waals surface area contributed by atoms with E-state index >= 15 is 0 Å². The smallest absolute Gasteiger partial charge is 0.264 e. The third kappa shape index (κ3) is 4.18. The van der Waals surface area contributed by atoms with E-state index in [0.717, 1.165) is 17.7 Å². The number of hydrogen-bond acceptors (Lipinski definition) is 3. The number of carbonyl (C=O) groups is 2. The summed E-state index contributed by atoms with van der Waals surface area (Å²) in [5, 5.41) is 4.74. The van der Waals surface area contributed by atoms with Gasteiger partial charge >= 0.3 is 0 Å². The number of nitrogens with zero attached hydrogens (tertiary/aromatic N) is 1. The van der Waals surface area contributed by atoms with Crippen molar-refractivity contribution in [3.63, 3.8) is 0 Å². The van der Waals surface area contributed by atoms with E-state index in [-0.39, 0.29) is 18.4 Å². The molecular formula is C17H20N2O2S. The highest BCUT2D eigenvalue weighted by atomic mass is 32.1. The van der Waals surface area contributed by atoms with Crippen LogP contribution in [0, 0.1) is 6.92 Å². The molecule has 1 N–H and O–H groups in total. The predicted molar refractivity (Wildman–Crippen MR) is 90.3 cm³/mol. The number of carbonyl (C=O) groups excluding carboxylic acids is 2. The minimum absolute atomic E-state index is 0.0684. The molecule has 2 aromatic rings. The zero-order valence-electron chi connectivity index (χ0n) is 12.8. The van der Waals surface area contributed by atoms with Gasteiger partial charge in [-0.05, 0) is 36.4 Å². The molecule has 0 aliphatic heterocycles.